The summed E-state index contributed by atoms with van der Waals surface area (Å²) in [5.41, 5.74) is 6.74. The molecule has 3 aliphatic rings. The lowest BCUT2D eigenvalue weighted by molar-refractivity contribution is 0.405. The molecule has 2 atom stereocenters. The van der Waals surface area contributed by atoms with E-state index in [9.17, 15) is 0 Å². The van der Waals surface area contributed by atoms with Gasteiger partial charge < -0.3 is 10.2 Å². The Kier molecular flexibility index (Phi) is 3.16. The topological polar surface area (TPSA) is 15.3 Å². The highest BCUT2D eigenvalue weighted by atomic mass is 35.5. The number of piperidine rings is 1. The first-order chi connectivity index (χ1) is 11.2. The third-order valence-electron chi connectivity index (χ3n) is 5.64. The van der Waals surface area contributed by atoms with Crippen molar-refractivity contribution in [3.8, 4) is 11.1 Å². The average molecular weight is 345 g/mol. The van der Waals surface area contributed by atoms with Crippen LogP contribution in [0.1, 0.15) is 23.5 Å². The summed E-state index contributed by atoms with van der Waals surface area (Å²) >= 11 is 12.7. The molecule has 3 heterocycles. The van der Waals surface area contributed by atoms with E-state index in [1.54, 1.807) is 0 Å². The lowest BCUT2D eigenvalue weighted by atomic mass is 9.87. The van der Waals surface area contributed by atoms with Gasteiger partial charge in [0.15, 0.2) is 0 Å². The van der Waals surface area contributed by atoms with Gasteiger partial charge in [-0.15, -0.1) is 0 Å². The molecule has 0 aliphatic carbocycles. The van der Waals surface area contributed by atoms with E-state index in [-0.39, 0.29) is 0 Å². The molecule has 0 bridgehead atoms. The summed E-state index contributed by atoms with van der Waals surface area (Å²) in [5.74, 6) is 0.607. The normalized spacial score (nSPS) is 24.7. The second-order valence-corrected chi connectivity index (χ2v) is 7.57. The van der Waals surface area contributed by atoms with Crippen molar-refractivity contribution in [2.45, 2.75) is 24.8 Å². The van der Waals surface area contributed by atoms with Gasteiger partial charge >= 0.3 is 0 Å². The molecule has 5 rings (SSSR count). The molecule has 2 aromatic carbocycles. The molecular formula is C19H18Cl2N2. The molecule has 2 nitrogen and oxygen atoms in total. The number of benzene rings is 2. The Morgan fingerprint density at radius 1 is 1.17 bits per heavy atom. The zero-order valence-corrected chi connectivity index (χ0v) is 14.3. The van der Waals surface area contributed by atoms with Gasteiger partial charge in [0, 0.05) is 36.3 Å². The number of rotatable bonds is 1. The van der Waals surface area contributed by atoms with E-state index in [0.29, 0.717) is 22.0 Å². The highest BCUT2D eigenvalue weighted by Gasteiger charge is 2.43. The van der Waals surface area contributed by atoms with Crippen LogP contribution in [0.25, 0.3) is 11.1 Å². The minimum atomic E-state index is 0.607. The fourth-order valence-corrected chi connectivity index (χ4v) is 5.05. The molecule has 4 heteroatoms. The summed E-state index contributed by atoms with van der Waals surface area (Å²) in [4.78, 5) is 2.65. The van der Waals surface area contributed by atoms with Crippen LogP contribution in [0, 0.1) is 0 Å². The summed E-state index contributed by atoms with van der Waals surface area (Å²) in [6.45, 7) is 3.38. The molecule has 0 saturated carbocycles. The average Bonchev–Trinajstić information content (AvgIpc) is 3.13. The SMILES string of the molecule is Clc1cccc(-c2cc3c4c(c2)[C@H]2CNCC[C@H]2N4CC3)c1Cl. The van der Waals surface area contributed by atoms with Gasteiger partial charge in [-0.3, -0.25) is 0 Å². The highest BCUT2D eigenvalue weighted by Crippen LogP contribution is 2.50. The van der Waals surface area contributed by atoms with E-state index in [1.165, 1.54) is 28.8 Å². The van der Waals surface area contributed by atoms with Gasteiger partial charge in [-0.2, -0.15) is 0 Å². The van der Waals surface area contributed by atoms with E-state index in [0.717, 1.165) is 31.6 Å². The highest BCUT2D eigenvalue weighted by molar-refractivity contribution is 6.43. The van der Waals surface area contributed by atoms with Gasteiger partial charge in [-0.1, -0.05) is 35.3 Å². The second-order valence-electron chi connectivity index (χ2n) is 6.78. The van der Waals surface area contributed by atoms with Crippen LogP contribution in [0.5, 0.6) is 0 Å². The molecule has 0 spiro atoms. The lowest BCUT2D eigenvalue weighted by Crippen LogP contribution is -2.43. The minimum absolute atomic E-state index is 0.607. The quantitative estimate of drug-likeness (QED) is 0.820. The third-order valence-corrected chi connectivity index (χ3v) is 6.45. The summed E-state index contributed by atoms with van der Waals surface area (Å²) in [5, 5.41) is 4.85. The van der Waals surface area contributed by atoms with Crippen molar-refractivity contribution >= 4 is 28.9 Å². The van der Waals surface area contributed by atoms with Crippen molar-refractivity contribution in [2.75, 3.05) is 24.5 Å². The van der Waals surface area contributed by atoms with Crippen LogP contribution in [0.15, 0.2) is 30.3 Å². The van der Waals surface area contributed by atoms with E-state index in [2.05, 4.69) is 28.4 Å². The minimum Gasteiger partial charge on any atom is -0.367 e. The van der Waals surface area contributed by atoms with Gasteiger partial charge in [-0.05, 0) is 54.3 Å². The monoisotopic (exact) mass is 344 g/mol. The zero-order chi connectivity index (χ0) is 15.6. The molecule has 0 aromatic heterocycles. The predicted octanol–water partition coefficient (Wildman–Crippen LogP) is 4.48. The largest absolute Gasteiger partial charge is 0.367 e. The summed E-state index contributed by atoms with van der Waals surface area (Å²) in [7, 11) is 0. The smallest absolute Gasteiger partial charge is 0.0670 e. The van der Waals surface area contributed by atoms with Crippen LogP contribution < -0.4 is 10.2 Å². The van der Waals surface area contributed by atoms with Gasteiger partial charge in [-0.25, -0.2) is 0 Å². The van der Waals surface area contributed by atoms with Crippen molar-refractivity contribution < 1.29 is 0 Å². The van der Waals surface area contributed by atoms with Gasteiger partial charge in [0.25, 0.3) is 0 Å². The molecule has 118 valence electrons. The third kappa shape index (κ3) is 1.98. The number of nitrogens with zero attached hydrogens (tertiary/aromatic N) is 1. The summed E-state index contributed by atoms with van der Waals surface area (Å²) < 4.78 is 0. The molecule has 3 aliphatic heterocycles. The van der Waals surface area contributed by atoms with Gasteiger partial charge in [0.2, 0.25) is 0 Å². The number of anilines is 1. The first kappa shape index (κ1) is 14.2. The first-order valence-electron chi connectivity index (χ1n) is 8.32. The van der Waals surface area contributed by atoms with Gasteiger partial charge in [0.1, 0.15) is 0 Å². The molecule has 23 heavy (non-hydrogen) atoms. The maximum Gasteiger partial charge on any atom is 0.0670 e. The number of halogens is 2. The van der Waals surface area contributed by atoms with Crippen LogP contribution in [0.3, 0.4) is 0 Å². The maximum atomic E-state index is 6.47. The van der Waals surface area contributed by atoms with E-state index >= 15 is 0 Å². The summed E-state index contributed by atoms with van der Waals surface area (Å²) in [6, 6.07) is 11.3. The molecule has 1 saturated heterocycles. The van der Waals surface area contributed by atoms with Crippen molar-refractivity contribution in [2.24, 2.45) is 0 Å². The first-order valence-corrected chi connectivity index (χ1v) is 9.08. The Bertz CT molecular complexity index is 802. The Labute approximate surface area is 146 Å². The second kappa shape index (κ2) is 5.14. The lowest BCUT2D eigenvalue weighted by Gasteiger charge is -2.32. The number of fused-ring (bicyclic) bond motifs is 3. The maximum absolute atomic E-state index is 6.47. The molecule has 0 amide bonds. The van der Waals surface area contributed by atoms with E-state index in [1.807, 2.05) is 12.1 Å². The van der Waals surface area contributed by atoms with E-state index < -0.39 is 0 Å². The molecular weight excluding hydrogens is 327 g/mol. The molecule has 0 radical (unpaired) electrons. The Hall–Kier alpha value is -1.22. The van der Waals surface area contributed by atoms with Gasteiger partial charge in [0.05, 0.1) is 10.0 Å². The van der Waals surface area contributed by atoms with E-state index in [4.69, 9.17) is 23.2 Å². The fraction of sp³-hybridized carbons (Fsp3) is 0.368. The summed E-state index contributed by atoms with van der Waals surface area (Å²) in [6.07, 6.45) is 2.39. The van der Waals surface area contributed by atoms with Crippen LogP contribution in [-0.4, -0.2) is 25.7 Å². The molecule has 2 aromatic rings. The number of hydrogen-bond acceptors (Lipinski definition) is 2. The van der Waals surface area contributed by atoms with Crippen molar-refractivity contribution in [3.63, 3.8) is 0 Å². The van der Waals surface area contributed by atoms with Crippen LogP contribution in [0.4, 0.5) is 5.69 Å². The Morgan fingerprint density at radius 2 is 2.09 bits per heavy atom. The molecule has 1 N–H and O–H groups in total. The van der Waals surface area contributed by atoms with Crippen molar-refractivity contribution in [1.82, 2.24) is 5.32 Å². The van der Waals surface area contributed by atoms with Crippen molar-refractivity contribution in [3.05, 3.63) is 51.5 Å². The predicted molar refractivity (Wildman–Crippen MR) is 97.0 cm³/mol. The van der Waals surface area contributed by atoms with Crippen LogP contribution in [0.2, 0.25) is 10.0 Å². The Balaban J connectivity index is 1.69. The Morgan fingerprint density at radius 3 is 3.00 bits per heavy atom. The fourth-order valence-electron chi connectivity index (χ4n) is 4.64. The number of nitrogens with one attached hydrogen (secondary N) is 1. The molecule has 0 unspecified atom stereocenters. The van der Waals surface area contributed by atoms with Crippen molar-refractivity contribution in [1.29, 1.82) is 0 Å². The zero-order valence-electron chi connectivity index (χ0n) is 12.8. The van der Waals surface area contributed by atoms with Crippen LogP contribution in [-0.2, 0) is 6.42 Å². The molecule has 1 fully saturated rings. The number of hydrogen-bond donors (Lipinski definition) is 1. The standard InChI is InChI=1S/C19H18Cl2N2/c20-16-3-1-2-13(18(16)21)12-8-11-5-7-23-17-4-6-22-10-15(17)14(9-12)19(11)23/h1-3,8-9,15,17,22H,4-7,10H2/t15-,17-/m1/s1. The van der Waals surface area contributed by atoms with Crippen LogP contribution >= 0.6 is 23.2 Å².